The standard InChI is InChI=1S/C15H11F3N4O/c16-15(17,18)11-4-1-3-10(7-11)8-13(23)20-12-5-2-6-22-9-19-21-14(12)22/h1-7,9H,8H2,(H,20,23). The zero-order valence-electron chi connectivity index (χ0n) is 11.7. The van der Waals surface area contributed by atoms with E-state index in [1.54, 1.807) is 22.7 Å². The second kappa shape index (κ2) is 5.71. The maximum absolute atomic E-state index is 12.7. The number of rotatable bonds is 3. The summed E-state index contributed by atoms with van der Waals surface area (Å²) in [5.74, 6) is -0.430. The molecule has 0 fully saturated rings. The Kier molecular flexibility index (Phi) is 3.73. The first-order valence-electron chi connectivity index (χ1n) is 6.68. The number of amides is 1. The van der Waals surface area contributed by atoms with Gasteiger partial charge in [0.1, 0.15) is 6.33 Å². The zero-order valence-corrected chi connectivity index (χ0v) is 11.7. The highest BCUT2D eigenvalue weighted by Crippen LogP contribution is 2.29. The van der Waals surface area contributed by atoms with Gasteiger partial charge in [0, 0.05) is 6.20 Å². The smallest absolute Gasteiger partial charge is 0.323 e. The predicted octanol–water partition coefficient (Wildman–Crippen LogP) is 2.93. The van der Waals surface area contributed by atoms with Gasteiger partial charge in [0.05, 0.1) is 17.7 Å². The molecule has 2 aromatic heterocycles. The van der Waals surface area contributed by atoms with Crippen LogP contribution in [0.2, 0.25) is 0 Å². The van der Waals surface area contributed by atoms with Gasteiger partial charge in [-0.15, -0.1) is 10.2 Å². The van der Waals surface area contributed by atoms with E-state index in [1.165, 1.54) is 18.5 Å². The summed E-state index contributed by atoms with van der Waals surface area (Å²) in [5, 5.41) is 10.2. The van der Waals surface area contributed by atoms with Crippen LogP contribution in [0, 0.1) is 0 Å². The van der Waals surface area contributed by atoms with Crippen molar-refractivity contribution in [3.05, 3.63) is 60.0 Å². The Balaban J connectivity index is 1.76. The van der Waals surface area contributed by atoms with E-state index in [0.717, 1.165) is 12.1 Å². The van der Waals surface area contributed by atoms with Crippen LogP contribution in [0.15, 0.2) is 48.9 Å². The number of carbonyl (C=O) groups excluding carboxylic acids is 1. The average Bonchev–Trinajstić information content (AvgIpc) is 2.96. The Morgan fingerprint density at radius 3 is 2.83 bits per heavy atom. The number of aromatic nitrogens is 3. The third-order valence-corrected chi connectivity index (χ3v) is 3.22. The Morgan fingerprint density at radius 2 is 2.04 bits per heavy atom. The van der Waals surface area contributed by atoms with Crippen molar-refractivity contribution in [1.82, 2.24) is 14.6 Å². The number of carbonyl (C=O) groups is 1. The minimum absolute atomic E-state index is 0.168. The van der Waals surface area contributed by atoms with Gasteiger partial charge in [0.2, 0.25) is 5.91 Å². The van der Waals surface area contributed by atoms with Crippen LogP contribution < -0.4 is 5.32 Å². The van der Waals surface area contributed by atoms with Gasteiger partial charge in [0.25, 0.3) is 0 Å². The maximum atomic E-state index is 12.7. The van der Waals surface area contributed by atoms with Gasteiger partial charge in [-0.05, 0) is 23.8 Å². The van der Waals surface area contributed by atoms with Crippen molar-refractivity contribution < 1.29 is 18.0 Å². The molecule has 0 aliphatic heterocycles. The molecule has 5 nitrogen and oxygen atoms in total. The lowest BCUT2D eigenvalue weighted by Gasteiger charge is -2.09. The van der Waals surface area contributed by atoms with Gasteiger partial charge in [-0.1, -0.05) is 18.2 Å². The van der Waals surface area contributed by atoms with Crippen LogP contribution in [0.4, 0.5) is 18.9 Å². The number of anilines is 1. The largest absolute Gasteiger partial charge is 0.416 e. The highest BCUT2D eigenvalue weighted by Gasteiger charge is 2.30. The first kappa shape index (κ1) is 15.0. The fourth-order valence-electron chi connectivity index (χ4n) is 2.19. The monoisotopic (exact) mass is 320 g/mol. The number of nitrogens with zero attached hydrogens (tertiary/aromatic N) is 3. The molecule has 23 heavy (non-hydrogen) atoms. The van der Waals surface area contributed by atoms with E-state index in [9.17, 15) is 18.0 Å². The molecule has 1 aromatic carbocycles. The van der Waals surface area contributed by atoms with E-state index in [2.05, 4.69) is 15.5 Å². The highest BCUT2D eigenvalue weighted by atomic mass is 19.4. The van der Waals surface area contributed by atoms with Gasteiger partial charge in [-0.25, -0.2) is 0 Å². The van der Waals surface area contributed by atoms with Crippen LogP contribution in [-0.2, 0) is 17.4 Å². The lowest BCUT2D eigenvalue weighted by atomic mass is 10.1. The van der Waals surface area contributed by atoms with Crippen LogP contribution >= 0.6 is 0 Å². The number of hydrogen-bond acceptors (Lipinski definition) is 3. The lowest BCUT2D eigenvalue weighted by Crippen LogP contribution is -2.15. The third kappa shape index (κ3) is 3.31. The number of benzene rings is 1. The number of hydrogen-bond donors (Lipinski definition) is 1. The Morgan fingerprint density at radius 1 is 1.22 bits per heavy atom. The minimum atomic E-state index is -4.43. The number of pyridine rings is 1. The number of alkyl halides is 3. The van der Waals surface area contributed by atoms with Gasteiger partial charge in [-0.3, -0.25) is 9.20 Å². The van der Waals surface area contributed by atoms with E-state index in [4.69, 9.17) is 0 Å². The molecule has 8 heteroatoms. The predicted molar refractivity (Wildman–Crippen MR) is 76.8 cm³/mol. The second-order valence-electron chi connectivity index (χ2n) is 4.91. The SMILES string of the molecule is O=C(Cc1cccc(C(F)(F)F)c1)Nc1cccn2cnnc12. The van der Waals surface area contributed by atoms with Crippen molar-refractivity contribution in [3.63, 3.8) is 0 Å². The summed E-state index contributed by atoms with van der Waals surface area (Å²) in [5.41, 5.74) is 0.417. The molecule has 0 atom stereocenters. The lowest BCUT2D eigenvalue weighted by molar-refractivity contribution is -0.137. The van der Waals surface area contributed by atoms with E-state index in [0.29, 0.717) is 11.3 Å². The molecular formula is C15H11F3N4O. The Labute approximate surface area is 128 Å². The summed E-state index contributed by atoms with van der Waals surface area (Å²) in [6.45, 7) is 0. The van der Waals surface area contributed by atoms with Crippen molar-refractivity contribution in [1.29, 1.82) is 0 Å². The molecule has 1 N–H and O–H groups in total. The second-order valence-corrected chi connectivity index (χ2v) is 4.91. The van der Waals surface area contributed by atoms with Crippen LogP contribution in [0.1, 0.15) is 11.1 Å². The van der Waals surface area contributed by atoms with E-state index in [1.807, 2.05) is 0 Å². The molecule has 0 saturated carbocycles. The van der Waals surface area contributed by atoms with Crippen molar-refractivity contribution in [2.24, 2.45) is 0 Å². The molecule has 1 amide bonds. The summed E-state index contributed by atoms with van der Waals surface area (Å²) < 4.78 is 39.6. The van der Waals surface area contributed by atoms with Crippen molar-refractivity contribution >= 4 is 17.2 Å². The highest BCUT2D eigenvalue weighted by molar-refractivity contribution is 5.95. The summed E-state index contributed by atoms with van der Waals surface area (Å²) >= 11 is 0. The molecule has 3 aromatic rings. The summed E-state index contributed by atoms with van der Waals surface area (Å²) in [6, 6.07) is 8.05. The van der Waals surface area contributed by atoms with Gasteiger partial charge < -0.3 is 5.32 Å². The van der Waals surface area contributed by atoms with Crippen molar-refractivity contribution in [3.8, 4) is 0 Å². The van der Waals surface area contributed by atoms with Crippen LogP contribution in [0.25, 0.3) is 5.65 Å². The fourth-order valence-corrected chi connectivity index (χ4v) is 2.19. The normalized spacial score (nSPS) is 11.6. The average molecular weight is 320 g/mol. The summed E-state index contributed by atoms with van der Waals surface area (Å²) in [4.78, 5) is 12.1. The Bertz CT molecular complexity index is 857. The topological polar surface area (TPSA) is 59.3 Å². The van der Waals surface area contributed by atoms with E-state index in [-0.39, 0.29) is 12.0 Å². The van der Waals surface area contributed by atoms with Crippen molar-refractivity contribution in [2.75, 3.05) is 5.32 Å². The van der Waals surface area contributed by atoms with E-state index >= 15 is 0 Å². The van der Waals surface area contributed by atoms with Gasteiger partial charge in [0.15, 0.2) is 5.65 Å². The number of halogens is 3. The molecule has 0 bridgehead atoms. The Hall–Kier alpha value is -2.90. The third-order valence-electron chi connectivity index (χ3n) is 3.22. The van der Waals surface area contributed by atoms with Gasteiger partial charge in [-0.2, -0.15) is 13.2 Å². The minimum Gasteiger partial charge on any atom is -0.323 e. The summed E-state index contributed by atoms with van der Waals surface area (Å²) in [7, 11) is 0. The number of nitrogens with one attached hydrogen (secondary N) is 1. The molecule has 0 aliphatic rings. The van der Waals surface area contributed by atoms with Gasteiger partial charge >= 0.3 is 6.18 Å². The molecule has 118 valence electrons. The molecule has 2 heterocycles. The molecule has 0 radical (unpaired) electrons. The molecule has 3 rings (SSSR count). The zero-order chi connectivity index (χ0) is 16.4. The fraction of sp³-hybridized carbons (Fsp3) is 0.133. The molecule has 0 aliphatic carbocycles. The first-order valence-corrected chi connectivity index (χ1v) is 6.68. The number of fused-ring (bicyclic) bond motifs is 1. The van der Waals surface area contributed by atoms with E-state index < -0.39 is 17.6 Å². The maximum Gasteiger partial charge on any atom is 0.416 e. The molecule has 0 saturated heterocycles. The van der Waals surface area contributed by atoms with Crippen LogP contribution in [0.3, 0.4) is 0 Å². The molecule has 0 unspecified atom stereocenters. The molecule has 0 spiro atoms. The first-order chi connectivity index (χ1) is 10.9. The van der Waals surface area contributed by atoms with Crippen molar-refractivity contribution in [2.45, 2.75) is 12.6 Å². The van der Waals surface area contributed by atoms with Crippen LogP contribution in [0.5, 0.6) is 0 Å². The quantitative estimate of drug-likeness (QED) is 0.807. The summed E-state index contributed by atoms with van der Waals surface area (Å²) in [6.07, 6.45) is -1.39. The molecular weight excluding hydrogens is 309 g/mol. The van der Waals surface area contributed by atoms with Crippen LogP contribution in [-0.4, -0.2) is 20.5 Å².